The van der Waals surface area contributed by atoms with Crippen LogP contribution in [0, 0.1) is 12.3 Å². The van der Waals surface area contributed by atoms with Crippen molar-refractivity contribution < 1.29 is 14.3 Å². The van der Waals surface area contributed by atoms with Crippen LogP contribution in [0.4, 0.5) is 5.69 Å². The average Bonchev–Trinajstić information content (AvgIpc) is 2.63. The summed E-state index contributed by atoms with van der Waals surface area (Å²) in [6.45, 7) is 5.32. The molecule has 2 N–H and O–H groups in total. The topological polar surface area (TPSA) is 67.4 Å². The molecule has 2 aromatic rings. The molecule has 0 aliphatic rings. The molecule has 0 fully saturated rings. The van der Waals surface area contributed by atoms with Crippen LogP contribution in [-0.4, -0.2) is 18.9 Å². The van der Waals surface area contributed by atoms with E-state index in [1.807, 2.05) is 31.2 Å². The van der Waals surface area contributed by atoms with Crippen LogP contribution in [0.5, 0.6) is 5.75 Å². The molecule has 2 aromatic carbocycles. The van der Waals surface area contributed by atoms with Crippen LogP contribution in [0.2, 0.25) is 5.02 Å². The molecule has 0 saturated heterocycles. The SMILES string of the molecule is COc1ccc(CNC(=O)C(C)(C)C(=O)Nc2cccc(Cl)c2C)cc1. The monoisotopic (exact) mass is 374 g/mol. The average molecular weight is 375 g/mol. The maximum absolute atomic E-state index is 12.6. The highest BCUT2D eigenvalue weighted by molar-refractivity contribution is 6.31. The van der Waals surface area contributed by atoms with Crippen LogP contribution >= 0.6 is 11.6 Å². The number of amides is 2. The first kappa shape index (κ1) is 19.8. The van der Waals surface area contributed by atoms with Crippen molar-refractivity contribution in [2.75, 3.05) is 12.4 Å². The van der Waals surface area contributed by atoms with Gasteiger partial charge in [-0.1, -0.05) is 29.8 Å². The Bertz CT molecular complexity index is 801. The van der Waals surface area contributed by atoms with Gasteiger partial charge >= 0.3 is 0 Å². The standard InChI is InChI=1S/C20H23ClN2O3/c1-13-16(21)6-5-7-17(13)23-19(25)20(2,3)18(24)22-12-14-8-10-15(26-4)11-9-14/h5-11H,12H2,1-4H3,(H,22,24)(H,23,25). The third-order valence-electron chi connectivity index (χ3n) is 4.26. The second-order valence-electron chi connectivity index (χ2n) is 6.52. The van der Waals surface area contributed by atoms with Crippen LogP contribution in [0.1, 0.15) is 25.0 Å². The van der Waals surface area contributed by atoms with Crippen molar-refractivity contribution in [2.45, 2.75) is 27.3 Å². The number of anilines is 1. The van der Waals surface area contributed by atoms with E-state index in [0.29, 0.717) is 17.3 Å². The molecule has 2 rings (SSSR count). The minimum absolute atomic E-state index is 0.329. The molecule has 0 aromatic heterocycles. The Balaban J connectivity index is 2.01. The molecule has 138 valence electrons. The maximum Gasteiger partial charge on any atom is 0.239 e. The summed E-state index contributed by atoms with van der Waals surface area (Å²) in [5, 5.41) is 6.15. The molecule has 0 saturated carbocycles. The van der Waals surface area contributed by atoms with Crippen molar-refractivity contribution in [3.8, 4) is 5.75 Å². The molecule has 26 heavy (non-hydrogen) atoms. The van der Waals surface area contributed by atoms with Gasteiger partial charge in [-0.3, -0.25) is 9.59 Å². The van der Waals surface area contributed by atoms with E-state index < -0.39 is 11.3 Å². The Morgan fingerprint density at radius 3 is 2.35 bits per heavy atom. The van der Waals surface area contributed by atoms with Crippen LogP contribution in [0.15, 0.2) is 42.5 Å². The largest absolute Gasteiger partial charge is 0.497 e. The quantitative estimate of drug-likeness (QED) is 0.752. The summed E-state index contributed by atoms with van der Waals surface area (Å²) in [6.07, 6.45) is 0. The highest BCUT2D eigenvalue weighted by Gasteiger charge is 2.36. The smallest absolute Gasteiger partial charge is 0.239 e. The zero-order chi connectivity index (χ0) is 19.3. The molecular weight excluding hydrogens is 352 g/mol. The predicted molar refractivity (Wildman–Crippen MR) is 103 cm³/mol. The van der Waals surface area contributed by atoms with Crippen LogP contribution < -0.4 is 15.4 Å². The van der Waals surface area contributed by atoms with Crippen molar-refractivity contribution in [2.24, 2.45) is 5.41 Å². The number of rotatable bonds is 6. The summed E-state index contributed by atoms with van der Waals surface area (Å²) < 4.78 is 5.11. The molecule has 0 aliphatic carbocycles. The van der Waals surface area contributed by atoms with Gasteiger partial charge in [0.25, 0.3) is 0 Å². The van der Waals surface area contributed by atoms with Gasteiger partial charge in [0, 0.05) is 17.3 Å². The summed E-state index contributed by atoms with van der Waals surface area (Å²) in [4.78, 5) is 25.1. The molecule has 0 spiro atoms. The van der Waals surface area contributed by atoms with Crippen LogP contribution in [-0.2, 0) is 16.1 Å². The number of halogens is 1. The number of hydrogen-bond acceptors (Lipinski definition) is 3. The zero-order valence-electron chi connectivity index (χ0n) is 15.4. The number of ether oxygens (including phenoxy) is 1. The number of carbonyl (C=O) groups excluding carboxylic acids is 2. The zero-order valence-corrected chi connectivity index (χ0v) is 16.1. The highest BCUT2D eigenvalue weighted by atomic mass is 35.5. The van der Waals surface area contributed by atoms with Crippen molar-refractivity contribution in [3.05, 3.63) is 58.6 Å². The van der Waals surface area contributed by atoms with E-state index >= 15 is 0 Å². The molecule has 0 heterocycles. The van der Waals surface area contributed by atoms with Crippen molar-refractivity contribution >= 4 is 29.1 Å². The van der Waals surface area contributed by atoms with Crippen molar-refractivity contribution in [3.63, 3.8) is 0 Å². The predicted octanol–water partition coefficient (Wildman–Crippen LogP) is 3.94. The van der Waals surface area contributed by atoms with E-state index in [1.54, 1.807) is 39.2 Å². The van der Waals surface area contributed by atoms with Gasteiger partial charge in [-0.2, -0.15) is 0 Å². The lowest BCUT2D eigenvalue weighted by atomic mass is 9.90. The lowest BCUT2D eigenvalue weighted by molar-refractivity contribution is -0.138. The third-order valence-corrected chi connectivity index (χ3v) is 4.67. The first-order valence-electron chi connectivity index (χ1n) is 8.23. The van der Waals surface area contributed by atoms with Gasteiger partial charge in [0.2, 0.25) is 11.8 Å². The molecule has 0 bridgehead atoms. The molecule has 0 aliphatic heterocycles. The van der Waals surface area contributed by atoms with Gasteiger partial charge in [-0.05, 0) is 56.2 Å². The third kappa shape index (κ3) is 4.55. The first-order valence-corrected chi connectivity index (χ1v) is 8.61. The summed E-state index contributed by atoms with van der Waals surface area (Å²) in [6, 6.07) is 12.6. The highest BCUT2D eigenvalue weighted by Crippen LogP contribution is 2.25. The molecule has 0 unspecified atom stereocenters. The number of nitrogens with one attached hydrogen (secondary N) is 2. The summed E-state index contributed by atoms with van der Waals surface area (Å²) in [7, 11) is 1.60. The molecular formula is C20H23ClN2O3. The number of hydrogen-bond donors (Lipinski definition) is 2. The van der Waals surface area contributed by atoms with E-state index in [9.17, 15) is 9.59 Å². The van der Waals surface area contributed by atoms with Crippen LogP contribution in [0.3, 0.4) is 0 Å². The Kier molecular flexibility index (Phi) is 6.27. The Morgan fingerprint density at radius 2 is 1.73 bits per heavy atom. The van der Waals surface area contributed by atoms with Gasteiger partial charge < -0.3 is 15.4 Å². The van der Waals surface area contributed by atoms with E-state index in [0.717, 1.165) is 16.9 Å². The van der Waals surface area contributed by atoms with Gasteiger partial charge in [0.05, 0.1) is 7.11 Å². The maximum atomic E-state index is 12.6. The van der Waals surface area contributed by atoms with E-state index in [-0.39, 0.29) is 5.91 Å². The Labute approximate surface area is 158 Å². The van der Waals surface area contributed by atoms with Gasteiger partial charge in [0.1, 0.15) is 11.2 Å². The molecule has 5 nitrogen and oxygen atoms in total. The molecule has 0 atom stereocenters. The minimum Gasteiger partial charge on any atom is -0.497 e. The first-order chi connectivity index (χ1) is 12.3. The second kappa shape index (κ2) is 8.23. The van der Waals surface area contributed by atoms with E-state index in [2.05, 4.69) is 10.6 Å². The number of benzene rings is 2. The van der Waals surface area contributed by atoms with Crippen molar-refractivity contribution in [1.29, 1.82) is 0 Å². The summed E-state index contributed by atoms with van der Waals surface area (Å²) in [5.41, 5.74) is 1.04. The van der Waals surface area contributed by atoms with E-state index in [4.69, 9.17) is 16.3 Å². The summed E-state index contributed by atoms with van der Waals surface area (Å²) >= 11 is 6.07. The lowest BCUT2D eigenvalue weighted by Gasteiger charge is -2.23. The van der Waals surface area contributed by atoms with Gasteiger partial charge in [0.15, 0.2) is 0 Å². The Hall–Kier alpha value is -2.53. The van der Waals surface area contributed by atoms with Gasteiger partial charge in [-0.25, -0.2) is 0 Å². The van der Waals surface area contributed by atoms with E-state index in [1.165, 1.54) is 0 Å². The van der Waals surface area contributed by atoms with Gasteiger partial charge in [-0.15, -0.1) is 0 Å². The van der Waals surface area contributed by atoms with Crippen LogP contribution in [0.25, 0.3) is 0 Å². The normalized spacial score (nSPS) is 11.0. The second-order valence-corrected chi connectivity index (χ2v) is 6.93. The number of carbonyl (C=O) groups is 2. The molecule has 0 radical (unpaired) electrons. The lowest BCUT2D eigenvalue weighted by Crippen LogP contribution is -2.45. The fourth-order valence-corrected chi connectivity index (χ4v) is 2.45. The molecule has 2 amide bonds. The Morgan fingerprint density at radius 1 is 1.08 bits per heavy atom. The molecule has 6 heteroatoms. The minimum atomic E-state index is -1.23. The fraction of sp³-hybridized carbons (Fsp3) is 0.300. The van der Waals surface area contributed by atoms with Crippen molar-refractivity contribution in [1.82, 2.24) is 5.32 Å². The fourth-order valence-electron chi connectivity index (χ4n) is 2.27. The number of methoxy groups -OCH3 is 1. The summed E-state index contributed by atoms with van der Waals surface area (Å²) in [5.74, 6) is -0.00253.